The molecule has 0 saturated heterocycles. The van der Waals surface area contributed by atoms with E-state index in [-0.39, 0.29) is 0 Å². The lowest BCUT2D eigenvalue weighted by Gasteiger charge is -2.09. The topological polar surface area (TPSA) is 34.1 Å². The molecule has 0 fully saturated rings. The third-order valence-corrected chi connectivity index (χ3v) is 5.20. The molecule has 0 aliphatic carbocycles. The zero-order valence-corrected chi connectivity index (χ0v) is 15.4. The van der Waals surface area contributed by atoms with Gasteiger partial charge in [-0.25, -0.2) is 4.98 Å². The largest absolute Gasteiger partial charge is 0.497 e. The van der Waals surface area contributed by atoms with Gasteiger partial charge < -0.3 is 10.1 Å². The quantitative estimate of drug-likeness (QED) is 0.566. The van der Waals surface area contributed by atoms with Crippen LogP contribution in [0.5, 0.6) is 5.75 Å². The SMILES string of the molecule is COc1ccc2nc(Nc3c(Br)cc(C)cc3Br)sc2c1. The second-order valence-electron chi connectivity index (χ2n) is 4.58. The molecule has 0 bridgehead atoms. The van der Waals surface area contributed by atoms with Crippen molar-refractivity contribution in [2.24, 2.45) is 0 Å². The van der Waals surface area contributed by atoms with E-state index in [1.165, 1.54) is 5.56 Å². The molecule has 0 spiro atoms. The number of aryl methyl sites for hydroxylation is 1. The van der Waals surface area contributed by atoms with Crippen molar-refractivity contribution in [2.45, 2.75) is 6.92 Å². The molecule has 0 radical (unpaired) electrons. The molecular formula is C15H12Br2N2OS. The van der Waals surface area contributed by atoms with Crippen molar-refractivity contribution in [2.75, 3.05) is 12.4 Å². The van der Waals surface area contributed by atoms with Crippen LogP contribution < -0.4 is 10.1 Å². The minimum absolute atomic E-state index is 0.843. The van der Waals surface area contributed by atoms with Crippen LogP contribution in [0.15, 0.2) is 39.3 Å². The minimum atomic E-state index is 0.843. The Bertz CT molecular complexity index is 794. The van der Waals surface area contributed by atoms with E-state index in [4.69, 9.17) is 4.74 Å². The number of anilines is 2. The van der Waals surface area contributed by atoms with Crippen LogP contribution in [-0.2, 0) is 0 Å². The third-order valence-electron chi connectivity index (χ3n) is 3.01. The fourth-order valence-electron chi connectivity index (χ4n) is 2.01. The predicted octanol–water partition coefficient (Wildman–Crippen LogP) is 5.88. The van der Waals surface area contributed by atoms with E-state index in [0.29, 0.717) is 0 Å². The summed E-state index contributed by atoms with van der Waals surface area (Å²) in [5.41, 5.74) is 3.13. The monoisotopic (exact) mass is 426 g/mol. The maximum absolute atomic E-state index is 5.24. The fourth-order valence-corrected chi connectivity index (χ4v) is 4.52. The summed E-state index contributed by atoms with van der Waals surface area (Å²) in [5, 5.41) is 4.22. The average Bonchev–Trinajstić information content (AvgIpc) is 2.84. The number of methoxy groups -OCH3 is 1. The van der Waals surface area contributed by atoms with Gasteiger partial charge in [-0.1, -0.05) is 11.3 Å². The van der Waals surface area contributed by atoms with Crippen LogP contribution in [0, 0.1) is 6.92 Å². The van der Waals surface area contributed by atoms with Gasteiger partial charge in [-0.15, -0.1) is 0 Å². The van der Waals surface area contributed by atoms with Gasteiger partial charge >= 0.3 is 0 Å². The number of aromatic nitrogens is 1. The molecule has 21 heavy (non-hydrogen) atoms. The molecule has 0 amide bonds. The molecular weight excluding hydrogens is 416 g/mol. The highest BCUT2D eigenvalue weighted by atomic mass is 79.9. The van der Waals surface area contributed by atoms with Gasteiger partial charge in [0.15, 0.2) is 5.13 Å². The maximum Gasteiger partial charge on any atom is 0.188 e. The molecule has 108 valence electrons. The van der Waals surface area contributed by atoms with E-state index < -0.39 is 0 Å². The summed E-state index contributed by atoms with van der Waals surface area (Å²) in [4.78, 5) is 4.60. The summed E-state index contributed by atoms with van der Waals surface area (Å²) in [6.07, 6.45) is 0. The average molecular weight is 428 g/mol. The lowest BCUT2D eigenvalue weighted by atomic mass is 10.2. The molecule has 1 N–H and O–H groups in total. The van der Waals surface area contributed by atoms with E-state index in [1.54, 1.807) is 18.4 Å². The zero-order valence-electron chi connectivity index (χ0n) is 11.4. The molecule has 3 rings (SSSR count). The Labute approximate surface area is 143 Å². The van der Waals surface area contributed by atoms with E-state index in [9.17, 15) is 0 Å². The van der Waals surface area contributed by atoms with Gasteiger partial charge in [-0.2, -0.15) is 0 Å². The first kappa shape index (κ1) is 14.8. The highest BCUT2D eigenvalue weighted by molar-refractivity contribution is 9.11. The summed E-state index contributed by atoms with van der Waals surface area (Å²) in [6.45, 7) is 2.06. The van der Waals surface area contributed by atoms with E-state index >= 15 is 0 Å². The molecule has 0 aliphatic heterocycles. The van der Waals surface area contributed by atoms with Gasteiger partial charge in [0, 0.05) is 8.95 Å². The molecule has 2 aromatic carbocycles. The molecule has 0 saturated carbocycles. The van der Waals surface area contributed by atoms with Crippen LogP contribution in [-0.4, -0.2) is 12.1 Å². The Morgan fingerprint density at radius 2 is 1.86 bits per heavy atom. The Kier molecular flexibility index (Phi) is 4.19. The highest BCUT2D eigenvalue weighted by Gasteiger charge is 2.10. The normalized spacial score (nSPS) is 10.9. The first-order valence-corrected chi connectivity index (χ1v) is 8.64. The van der Waals surface area contributed by atoms with E-state index in [2.05, 4.69) is 61.2 Å². The van der Waals surface area contributed by atoms with Crippen LogP contribution in [0.3, 0.4) is 0 Å². The Hall–Kier alpha value is -1.11. The number of ether oxygens (including phenoxy) is 1. The predicted molar refractivity (Wildman–Crippen MR) is 96.0 cm³/mol. The second-order valence-corrected chi connectivity index (χ2v) is 7.32. The Morgan fingerprint density at radius 3 is 2.52 bits per heavy atom. The lowest BCUT2D eigenvalue weighted by Crippen LogP contribution is -1.92. The summed E-state index contributed by atoms with van der Waals surface area (Å²) in [5.74, 6) is 0.843. The van der Waals surface area contributed by atoms with Crippen LogP contribution in [0.2, 0.25) is 0 Å². The van der Waals surface area contributed by atoms with Gasteiger partial charge in [-0.05, 0) is 74.7 Å². The molecule has 0 aliphatic rings. The first-order valence-electron chi connectivity index (χ1n) is 6.24. The molecule has 1 aromatic heterocycles. The molecule has 3 nitrogen and oxygen atoms in total. The fraction of sp³-hybridized carbons (Fsp3) is 0.133. The second kappa shape index (κ2) is 5.94. The van der Waals surface area contributed by atoms with Crippen molar-refractivity contribution in [3.63, 3.8) is 0 Å². The van der Waals surface area contributed by atoms with Gasteiger partial charge in [0.1, 0.15) is 5.75 Å². The summed E-state index contributed by atoms with van der Waals surface area (Å²) < 4.78 is 8.35. The van der Waals surface area contributed by atoms with Crippen LogP contribution >= 0.6 is 43.2 Å². The highest BCUT2D eigenvalue weighted by Crippen LogP contribution is 2.37. The number of fused-ring (bicyclic) bond motifs is 1. The molecule has 3 aromatic rings. The van der Waals surface area contributed by atoms with Crippen molar-refractivity contribution in [3.05, 3.63) is 44.8 Å². The molecule has 6 heteroatoms. The van der Waals surface area contributed by atoms with Crippen molar-refractivity contribution in [3.8, 4) is 5.75 Å². The Balaban J connectivity index is 1.98. The van der Waals surface area contributed by atoms with Crippen LogP contribution in [0.25, 0.3) is 10.2 Å². The summed E-state index contributed by atoms with van der Waals surface area (Å²) in [6, 6.07) is 10.0. The van der Waals surface area contributed by atoms with Crippen molar-refractivity contribution in [1.82, 2.24) is 4.98 Å². The smallest absolute Gasteiger partial charge is 0.188 e. The van der Waals surface area contributed by atoms with Crippen molar-refractivity contribution in [1.29, 1.82) is 0 Å². The third kappa shape index (κ3) is 3.07. The van der Waals surface area contributed by atoms with E-state index in [0.717, 1.165) is 35.7 Å². The standard InChI is InChI=1S/C15H12Br2N2OS/c1-8-5-10(16)14(11(17)6-8)19-15-18-12-4-3-9(20-2)7-13(12)21-15/h3-7H,1-2H3,(H,18,19). The number of thiazole rings is 1. The number of hydrogen-bond acceptors (Lipinski definition) is 4. The van der Waals surface area contributed by atoms with Crippen LogP contribution in [0.4, 0.5) is 10.8 Å². The van der Waals surface area contributed by atoms with Gasteiger partial charge in [0.2, 0.25) is 0 Å². The number of hydrogen-bond donors (Lipinski definition) is 1. The van der Waals surface area contributed by atoms with Gasteiger partial charge in [0.05, 0.1) is 23.0 Å². The first-order chi connectivity index (χ1) is 10.1. The van der Waals surface area contributed by atoms with Crippen molar-refractivity contribution >= 4 is 64.2 Å². The van der Waals surface area contributed by atoms with Crippen LogP contribution in [0.1, 0.15) is 5.56 Å². The molecule has 1 heterocycles. The number of halogens is 2. The maximum atomic E-state index is 5.24. The number of nitrogens with one attached hydrogen (secondary N) is 1. The zero-order chi connectivity index (χ0) is 15.0. The number of rotatable bonds is 3. The molecule has 0 unspecified atom stereocenters. The number of benzene rings is 2. The lowest BCUT2D eigenvalue weighted by molar-refractivity contribution is 0.415. The van der Waals surface area contributed by atoms with Gasteiger partial charge in [-0.3, -0.25) is 0 Å². The van der Waals surface area contributed by atoms with Crippen molar-refractivity contribution < 1.29 is 4.74 Å². The Morgan fingerprint density at radius 1 is 1.14 bits per heavy atom. The minimum Gasteiger partial charge on any atom is -0.497 e. The summed E-state index contributed by atoms with van der Waals surface area (Å²) in [7, 11) is 1.67. The number of nitrogens with zero attached hydrogens (tertiary/aromatic N) is 1. The van der Waals surface area contributed by atoms with Gasteiger partial charge in [0.25, 0.3) is 0 Å². The van der Waals surface area contributed by atoms with E-state index in [1.807, 2.05) is 18.2 Å². The summed E-state index contributed by atoms with van der Waals surface area (Å²) >= 11 is 8.77. The molecule has 0 atom stereocenters.